The number of rotatable bonds is 2. The van der Waals surface area contributed by atoms with Crippen molar-refractivity contribution in [2.45, 2.75) is 43.7 Å². The molecular weight excluding hydrogens is 282 g/mol. The maximum Gasteiger partial charge on any atom is 0.152 e. The Hall–Kier alpha value is -2.24. The summed E-state index contributed by atoms with van der Waals surface area (Å²) in [7, 11) is 0. The third kappa shape index (κ3) is 2.33. The minimum atomic E-state index is -0.308. The van der Waals surface area contributed by atoms with Crippen LogP contribution in [0.3, 0.4) is 0 Å². The Labute approximate surface area is 138 Å². The van der Waals surface area contributed by atoms with Crippen molar-refractivity contribution in [2.75, 3.05) is 0 Å². The minimum absolute atomic E-state index is 0.0709. The molecule has 116 valence electrons. The molecule has 2 aliphatic rings. The zero-order valence-electron chi connectivity index (χ0n) is 13.2. The molecule has 4 rings (SSSR count). The highest BCUT2D eigenvalue weighted by atomic mass is 16.7. The van der Waals surface area contributed by atoms with Gasteiger partial charge < -0.3 is 4.84 Å². The van der Waals surface area contributed by atoms with Crippen LogP contribution in [0.4, 0.5) is 0 Å². The van der Waals surface area contributed by atoms with Crippen molar-refractivity contribution in [1.82, 2.24) is 5.06 Å². The van der Waals surface area contributed by atoms with E-state index in [9.17, 15) is 0 Å². The summed E-state index contributed by atoms with van der Waals surface area (Å²) in [5.41, 5.74) is 2.13. The molecule has 2 nitrogen and oxygen atoms in total. The van der Waals surface area contributed by atoms with Gasteiger partial charge in [-0.25, -0.2) is 0 Å². The lowest BCUT2D eigenvalue weighted by Gasteiger charge is -2.41. The van der Waals surface area contributed by atoms with Crippen LogP contribution in [-0.4, -0.2) is 10.6 Å². The van der Waals surface area contributed by atoms with Gasteiger partial charge in [-0.15, -0.1) is 11.5 Å². The second kappa shape index (κ2) is 5.76. The summed E-state index contributed by atoms with van der Waals surface area (Å²) in [5, 5.41) is 2.10. The van der Waals surface area contributed by atoms with E-state index in [4.69, 9.17) is 11.3 Å². The Kier molecular flexibility index (Phi) is 3.59. The van der Waals surface area contributed by atoms with Crippen LogP contribution in [0, 0.1) is 12.3 Å². The Morgan fingerprint density at radius 1 is 0.957 bits per heavy atom. The molecule has 1 unspecified atom stereocenters. The van der Waals surface area contributed by atoms with E-state index in [1.165, 1.54) is 30.4 Å². The molecule has 0 radical (unpaired) electrons. The third-order valence-electron chi connectivity index (χ3n) is 5.13. The van der Waals surface area contributed by atoms with Crippen LogP contribution in [-0.2, 0) is 0 Å². The molecule has 1 heterocycles. The average Bonchev–Trinajstić information content (AvgIpc) is 3.03. The van der Waals surface area contributed by atoms with Gasteiger partial charge in [-0.3, -0.25) is 0 Å². The number of para-hydroxylation sites is 1. The van der Waals surface area contributed by atoms with Gasteiger partial charge in [0.25, 0.3) is 0 Å². The number of nitrogens with zero attached hydrogens (tertiary/aromatic N) is 1. The molecule has 0 bridgehead atoms. The molecule has 0 saturated heterocycles. The summed E-state index contributed by atoms with van der Waals surface area (Å²) in [4.78, 5) is 6.30. The molecule has 2 aromatic carbocycles. The number of hydrogen-bond donors (Lipinski definition) is 0. The fourth-order valence-electron chi connectivity index (χ4n) is 3.92. The van der Waals surface area contributed by atoms with Crippen molar-refractivity contribution < 1.29 is 4.84 Å². The van der Waals surface area contributed by atoms with Gasteiger partial charge in [0.2, 0.25) is 0 Å². The second-order valence-electron chi connectivity index (χ2n) is 6.50. The van der Waals surface area contributed by atoms with E-state index in [1.807, 2.05) is 18.2 Å². The highest BCUT2D eigenvalue weighted by Crippen LogP contribution is 2.48. The molecule has 0 amide bonds. The van der Waals surface area contributed by atoms with Crippen molar-refractivity contribution in [3.63, 3.8) is 0 Å². The molecule has 0 aromatic heterocycles. The normalized spacial score (nSPS) is 22.8. The van der Waals surface area contributed by atoms with Crippen LogP contribution in [0.5, 0.6) is 5.75 Å². The monoisotopic (exact) mass is 303 g/mol. The lowest BCUT2D eigenvalue weighted by Crippen LogP contribution is -2.50. The summed E-state index contributed by atoms with van der Waals surface area (Å²) in [6, 6.07) is 18.9. The van der Waals surface area contributed by atoms with Gasteiger partial charge in [0, 0.05) is 5.56 Å². The van der Waals surface area contributed by atoms with E-state index in [0.29, 0.717) is 0 Å². The van der Waals surface area contributed by atoms with E-state index < -0.39 is 0 Å². The van der Waals surface area contributed by atoms with Crippen LogP contribution < -0.4 is 4.84 Å². The maximum absolute atomic E-state index is 6.30. The van der Waals surface area contributed by atoms with Crippen LogP contribution >= 0.6 is 0 Å². The van der Waals surface area contributed by atoms with Crippen molar-refractivity contribution in [1.29, 1.82) is 0 Å². The predicted octanol–water partition coefficient (Wildman–Crippen LogP) is 4.72. The first-order chi connectivity index (χ1) is 11.3. The van der Waals surface area contributed by atoms with E-state index >= 15 is 0 Å². The molecular formula is C21H21NO. The van der Waals surface area contributed by atoms with Crippen LogP contribution in [0.25, 0.3) is 0 Å². The van der Waals surface area contributed by atoms with E-state index in [2.05, 4.69) is 47.4 Å². The van der Waals surface area contributed by atoms with Gasteiger partial charge in [0.1, 0.15) is 11.6 Å². The van der Waals surface area contributed by atoms with Crippen molar-refractivity contribution >= 4 is 0 Å². The van der Waals surface area contributed by atoms with Gasteiger partial charge in [-0.2, -0.15) is 0 Å². The fourth-order valence-corrected chi connectivity index (χ4v) is 3.92. The SMILES string of the molecule is C#CC1(N2Oc3ccccc3C2c2ccccc2)CCCCC1. The largest absolute Gasteiger partial charge is 0.403 e. The van der Waals surface area contributed by atoms with Crippen LogP contribution in [0.2, 0.25) is 0 Å². The molecule has 2 heteroatoms. The second-order valence-corrected chi connectivity index (χ2v) is 6.50. The molecule has 0 spiro atoms. The average molecular weight is 303 g/mol. The van der Waals surface area contributed by atoms with Gasteiger partial charge in [0.15, 0.2) is 5.75 Å². The van der Waals surface area contributed by atoms with E-state index in [1.54, 1.807) is 0 Å². The number of benzene rings is 2. The molecule has 1 atom stereocenters. The summed E-state index contributed by atoms with van der Waals surface area (Å²) in [5.74, 6) is 4.03. The quantitative estimate of drug-likeness (QED) is 0.744. The Morgan fingerprint density at radius 3 is 2.39 bits per heavy atom. The topological polar surface area (TPSA) is 12.5 Å². The first kappa shape index (κ1) is 14.4. The van der Waals surface area contributed by atoms with Gasteiger partial charge in [0.05, 0.1) is 0 Å². The zero-order chi connectivity index (χ0) is 15.7. The molecule has 0 N–H and O–H groups in total. The molecule has 1 aliphatic heterocycles. The highest BCUT2D eigenvalue weighted by Gasteiger charge is 2.47. The summed E-state index contributed by atoms with van der Waals surface area (Å²) in [6.45, 7) is 0. The number of terminal acetylenes is 1. The molecule has 1 aliphatic carbocycles. The number of hydrogen-bond acceptors (Lipinski definition) is 2. The number of fused-ring (bicyclic) bond motifs is 1. The Bertz CT molecular complexity index is 725. The molecule has 23 heavy (non-hydrogen) atoms. The molecule has 1 fully saturated rings. The van der Waals surface area contributed by atoms with Crippen molar-refractivity contribution in [2.24, 2.45) is 0 Å². The van der Waals surface area contributed by atoms with Crippen molar-refractivity contribution in [3.05, 3.63) is 65.7 Å². The van der Waals surface area contributed by atoms with E-state index in [0.717, 1.165) is 18.6 Å². The van der Waals surface area contributed by atoms with Crippen LogP contribution in [0.15, 0.2) is 54.6 Å². The first-order valence-electron chi connectivity index (χ1n) is 8.43. The molecule has 2 aromatic rings. The highest BCUT2D eigenvalue weighted by molar-refractivity contribution is 5.45. The Balaban J connectivity index is 1.82. The minimum Gasteiger partial charge on any atom is -0.403 e. The van der Waals surface area contributed by atoms with Gasteiger partial charge in [-0.1, -0.05) is 73.7 Å². The Morgan fingerprint density at radius 2 is 1.65 bits per heavy atom. The summed E-state index contributed by atoms with van der Waals surface area (Å²) < 4.78 is 0. The summed E-state index contributed by atoms with van der Waals surface area (Å²) in [6.07, 6.45) is 11.6. The standard InChI is InChI=1S/C21H21NO/c1-2-21(15-9-4-10-16-21)22-20(17-11-5-3-6-12-17)18-13-7-8-14-19(18)23-22/h1,3,5-8,11-14,20H,4,9-10,15-16H2. The third-order valence-corrected chi connectivity index (χ3v) is 5.13. The summed E-state index contributed by atoms with van der Waals surface area (Å²) >= 11 is 0. The smallest absolute Gasteiger partial charge is 0.152 e. The van der Waals surface area contributed by atoms with Crippen LogP contribution in [0.1, 0.15) is 49.3 Å². The lowest BCUT2D eigenvalue weighted by molar-refractivity contribution is -0.137. The zero-order valence-corrected chi connectivity index (χ0v) is 13.2. The number of hydroxylamine groups is 2. The van der Waals surface area contributed by atoms with Gasteiger partial charge >= 0.3 is 0 Å². The molecule has 1 saturated carbocycles. The maximum atomic E-state index is 6.30. The fraction of sp³-hybridized carbons (Fsp3) is 0.333. The van der Waals surface area contributed by atoms with E-state index in [-0.39, 0.29) is 11.6 Å². The van der Waals surface area contributed by atoms with Gasteiger partial charge in [-0.05, 0) is 24.5 Å². The first-order valence-corrected chi connectivity index (χ1v) is 8.43. The predicted molar refractivity (Wildman–Crippen MR) is 91.8 cm³/mol. The van der Waals surface area contributed by atoms with Crippen molar-refractivity contribution in [3.8, 4) is 18.1 Å². The lowest BCUT2D eigenvalue weighted by atomic mass is 9.80.